The van der Waals surface area contributed by atoms with E-state index >= 15 is 0 Å². The topological polar surface area (TPSA) is 99.4 Å². The lowest BCUT2D eigenvalue weighted by Crippen LogP contribution is -2.22. The van der Waals surface area contributed by atoms with Crippen molar-refractivity contribution in [1.82, 2.24) is 9.97 Å². The van der Waals surface area contributed by atoms with Crippen molar-refractivity contribution in [1.29, 1.82) is 0 Å². The van der Waals surface area contributed by atoms with Crippen molar-refractivity contribution < 1.29 is 4.74 Å². The molecule has 1 heterocycles. The maximum atomic E-state index is 5.43. The fourth-order valence-electron chi connectivity index (χ4n) is 2.20. The summed E-state index contributed by atoms with van der Waals surface area (Å²) in [6.07, 6.45) is 0. The van der Waals surface area contributed by atoms with E-state index < -0.39 is 0 Å². The molecule has 0 saturated heterocycles. The Balaban J connectivity index is 2.23. The molecule has 6 heteroatoms. The van der Waals surface area contributed by atoms with Gasteiger partial charge >= 0.3 is 0 Å². The molecule has 110 valence electrons. The number of aliphatic imine (C=N–C) groups is 1. The quantitative estimate of drug-likeness (QED) is 0.569. The lowest BCUT2D eigenvalue weighted by atomic mass is 10.1. The molecule has 0 aliphatic carbocycles. The Morgan fingerprint density at radius 3 is 2.41 bits per heavy atom. The first-order chi connectivity index (χ1) is 10.7. The number of fused-ring (bicyclic) bond motifs is 1. The first-order valence-electron chi connectivity index (χ1n) is 6.68. The summed E-state index contributed by atoms with van der Waals surface area (Å²) >= 11 is 0. The Morgan fingerprint density at radius 2 is 1.73 bits per heavy atom. The molecule has 0 unspecified atom stereocenters. The largest absolute Gasteiger partial charge is 0.497 e. The summed E-state index contributed by atoms with van der Waals surface area (Å²) in [7, 11) is 1.63. The summed E-state index contributed by atoms with van der Waals surface area (Å²) in [6, 6.07) is 15.4. The SMILES string of the molecule is COc1ccc(-c2nc(N=C(N)N)nc3ccccc23)cc1. The number of ether oxygens (including phenoxy) is 1. The van der Waals surface area contributed by atoms with E-state index in [4.69, 9.17) is 16.2 Å². The summed E-state index contributed by atoms with van der Waals surface area (Å²) in [5.74, 6) is 0.951. The lowest BCUT2D eigenvalue weighted by molar-refractivity contribution is 0.415. The van der Waals surface area contributed by atoms with Crippen LogP contribution in [0.2, 0.25) is 0 Å². The Morgan fingerprint density at radius 1 is 1.00 bits per heavy atom. The molecule has 3 rings (SSSR count). The molecule has 0 amide bonds. The molecule has 0 bridgehead atoms. The van der Waals surface area contributed by atoms with Gasteiger partial charge in [-0.3, -0.25) is 0 Å². The molecule has 0 spiro atoms. The van der Waals surface area contributed by atoms with Crippen LogP contribution in [0.25, 0.3) is 22.2 Å². The van der Waals surface area contributed by atoms with E-state index in [0.29, 0.717) is 0 Å². The second-order valence-corrected chi connectivity index (χ2v) is 4.65. The highest BCUT2D eigenvalue weighted by molar-refractivity contribution is 5.93. The molecule has 0 aliphatic heterocycles. The third kappa shape index (κ3) is 2.67. The zero-order chi connectivity index (χ0) is 15.5. The standard InChI is InChI=1S/C16H15N5O/c1-22-11-8-6-10(7-9-11)14-12-4-2-3-5-13(12)19-16(20-14)21-15(17)18/h2-9H,1H3,(H4,17,18,19,20,21). The first kappa shape index (κ1) is 13.8. The van der Waals surface area contributed by atoms with Crippen LogP contribution in [0.15, 0.2) is 53.5 Å². The van der Waals surface area contributed by atoms with Gasteiger partial charge in [0.15, 0.2) is 5.96 Å². The number of guanidine groups is 1. The van der Waals surface area contributed by atoms with Crippen LogP contribution in [0.3, 0.4) is 0 Å². The van der Waals surface area contributed by atoms with Crippen LogP contribution in [-0.2, 0) is 0 Å². The number of nitrogens with two attached hydrogens (primary N) is 2. The molecule has 6 nitrogen and oxygen atoms in total. The maximum Gasteiger partial charge on any atom is 0.253 e. The van der Waals surface area contributed by atoms with Gasteiger partial charge in [-0.05, 0) is 30.3 Å². The highest BCUT2D eigenvalue weighted by Crippen LogP contribution is 2.29. The van der Waals surface area contributed by atoms with Crippen molar-refractivity contribution in [3.63, 3.8) is 0 Å². The molecule has 4 N–H and O–H groups in total. The second kappa shape index (κ2) is 5.69. The third-order valence-electron chi connectivity index (χ3n) is 3.18. The molecule has 0 fully saturated rings. The summed E-state index contributed by atoms with van der Waals surface area (Å²) < 4.78 is 5.18. The van der Waals surface area contributed by atoms with Crippen LogP contribution >= 0.6 is 0 Å². The fourth-order valence-corrected chi connectivity index (χ4v) is 2.20. The predicted octanol–water partition coefficient (Wildman–Crippen LogP) is 2.21. The van der Waals surface area contributed by atoms with Crippen molar-refractivity contribution in [2.45, 2.75) is 0 Å². The highest BCUT2D eigenvalue weighted by Gasteiger charge is 2.09. The number of hydrogen-bond donors (Lipinski definition) is 2. The number of hydrogen-bond acceptors (Lipinski definition) is 4. The molecule has 0 saturated carbocycles. The van der Waals surface area contributed by atoms with Crippen LogP contribution in [0, 0.1) is 0 Å². The Kier molecular flexibility index (Phi) is 3.57. The highest BCUT2D eigenvalue weighted by atomic mass is 16.5. The van der Waals surface area contributed by atoms with Gasteiger partial charge in [-0.1, -0.05) is 18.2 Å². The number of nitrogens with zero attached hydrogens (tertiary/aromatic N) is 3. The second-order valence-electron chi connectivity index (χ2n) is 4.65. The number of benzene rings is 2. The van der Waals surface area contributed by atoms with Gasteiger partial charge in [-0.25, -0.2) is 9.97 Å². The average molecular weight is 293 g/mol. The van der Waals surface area contributed by atoms with Crippen molar-refractivity contribution in [2.24, 2.45) is 16.5 Å². The average Bonchev–Trinajstić information content (AvgIpc) is 2.53. The van der Waals surface area contributed by atoms with Crippen LogP contribution in [-0.4, -0.2) is 23.0 Å². The summed E-state index contributed by atoms with van der Waals surface area (Å²) in [5, 5.41) is 0.933. The van der Waals surface area contributed by atoms with Gasteiger partial charge in [0, 0.05) is 10.9 Å². The molecule has 2 aromatic carbocycles. The zero-order valence-corrected chi connectivity index (χ0v) is 12.0. The minimum absolute atomic E-state index is 0.0732. The van der Waals surface area contributed by atoms with Crippen molar-refractivity contribution in [2.75, 3.05) is 7.11 Å². The molecule has 22 heavy (non-hydrogen) atoms. The van der Waals surface area contributed by atoms with Crippen molar-refractivity contribution in [3.8, 4) is 17.0 Å². The van der Waals surface area contributed by atoms with E-state index in [1.54, 1.807) is 7.11 Å². The normalized spacial score (nSPS) is 10.4. The monoisotopic (exact) mass is 293 g/mol. The van der Waals surface area contributed by atoms with Gasteiger partial charge in [0.1, 0.15) is 5.75 Å². The first-order valence-corrected chi connectivity index (χ1v) is 6.68. The van der Waals surface area contributed by atoms with Gasteiger partial charge in [0.25, 0.3) is 5.95 Å². The molecule has 3 aromatic rings. The summed E-state index contributed by atoms with van der Waals surface area (Å²) in [4.78, 5) is 12.8. The van der Waals surface area contributed by atoms with Gasteiger partial charge in [0.2, 0.25) is 0 Å². The molecule has 0 aliphatic rings. The van der Waals surface area contributed by atoms with Crippen LogP contribution in [0.5, 0.6) is 5.75 Å². The maximum absolute atomic E-state index is 5.43. The molecule has 0 atom stereocenters. The van der Waals surface area contributed by atoms with E-state index in [-0.39, 0.29) is 11.9 Å². The molecule has 0 radical (unpaired) electrons. The van der Waals surface area contributed by atoms with E-state index in [2.05, 4.69) is 15.0 Å². The fraction of sp³-hybridized carbons (Fsp3) is 0.0625. The predicted molar refractivity (Wildman–Crippen MR) is 87.0 cm³/mol. The van der Waals surface area contributed by atoms with E-state index in [1.807, 2.05) is 48.5 Å². The lowest BCUT2D eigenvalue weighted by Gasteiger charge is -2.08. The van der Waals surface area contributed by atoms with Crippen LogP contribution in [0.4, 0.5) is 5.95 Å². The molecular weight excluding hydrogens is 278 g/mol. The number of para-hydroxylation sites is 1. The molecule has 1 aromatic heterocycles. The van der Waals surface area contributed by atoms with Crippen molar-refractivity contribution in [3.05, 3.63) is 48.5 Å². The Hall–Kier alpha value is -3.15. The minimum Gasteiger partial charge on any atom is -0.497 e. The number of rotatable bonds is 3. The minimum atomic E-state index is -0.0732. The summed E-state index contributed by atoms with van der Waals surface area (Å²) in [6.45, 7) is 0. The van der Waals surface area contributed by atoms with Gasteiger partial charge < -0.3 is 16.2 Å². The van der Waals surface area contributed by atoms with Gasteiger partial charge in [-0.15, -0.1) is 0 Å². The third-order valence-corrected chi connectivity index (χ3v) is 3.18. The summed E-state index contributed by atoms with van der Waals surface area (Å²) in [5.41, 5.74) is 13.3. The Bertz CT molecular complexity index is 839. The zero-order valence-electron chi connectivity index (χ0n) is 12.0. The van der Waals surface area contributed by atoms with Crippen molar-refractivity contribution >= 4 is 22.8 Å². The van der Waals surface area contributed by atoms with Gasteiger partial charge in [-0.2, -0.15) is 4.99 Å². The number of methoxy groups -OCH3 is 1. The van der Waals surface area contributed by atoms with E-state index in [9.17, 15) is 0 Å². The Labute approximate surface area is 127 Å². The van der Waals surface area contributed by atoms with Crippen LogP contribution in [0.1, 0.15) is 0 Å². The number of aromatic nitrogens is 2. The van der Waals surface area contributed by atoms with E-state index in [1.165, 1.54) is 0 Å². The van der Waals surface area contributed by atoms with Crippen LogP contribution < -0.4 is 16.2 Å². The van der Waals surface area contributed by atoms with Gasteiger partial charge in [0.05, 0.1) is 18.3 Å². The smallest absolute Gasteiger partial charge is 0.253 e. The molecular formula is C16H15N5O. The van der Waals surface area contributed by atoms with E-state index in [0.717, 1.165) is 27.9 Å².